The molecule has 0 bridgehead atoms. The Balaban J connectivity index is 1.69. The number of aromatic amines is 1. The number of ether oxygens (including phenoxy) is 1. The number of rotatable bonds is 5. The molecule has 3 rings (SSSR count). The van der Waals surface area contributed by atoms with E-state index in [9.17, 15) is 9.59 Å². The first-order chi connectivity index (χ1) is 10.6. The molecule has 0 radical (unpaired) electrons. The highest BCUT2D eigenvalue weighted by Crippen LogP contribution is 2.31. The molecule has 5 nitrogen and oxygen atoms in total. The molecule has 0 amide bonds. The number of thiophene rings is 1. The van der Waals surface area contributed by atoms with E-state index in [2.05, 4.69) is 9.97 Å². The number of aromatic nitrogens is 2. The van der Waals surface area contributed by atoms with Crippen molar-refractivity contribution in [2.75, 3.05) is 6.61 Å². The van der Waals surface area contributed by atoms with Crippen LogP contribution in [-0.4, -0.2) is 28.3 Å². The van der Waals surface area contributed by atoms with Gasteiger partial charge in [0.25, 0.3) is 0 Å². The summed E-state index contributed by atoms with van der Waals surface area (Å²) in [4.78, 5) is 32.5. The van der Waals surface area contributed by atoms with Gasteiger partial charge in [0, 0.05) is 6.20 Å². The predicted molar refractivity (Wildman–Crippen MR) is 85.6 cm³/mol. The number of hydrogen-bond acceptors (Lipinski definition) is 6. The third-order valence-corrected chi connectivity index (χ3v) is 5.12. The molecule has 0 unspecified atom stereocenters. The van der Waals surface area contributed by atoms with Crippen molar-refractivity contribution in [2.24, 2.45) is 0 Å². The van der Waals surface area contributed by atoms with E-state index in [0.29, 0.717) is 16.3 Å². The number of esters is 1. The second kappa shape index (κ2) is 6.25. The van der Waals surface area contributed by atoms with Gasteiger partial charge in [0.05, 0.1) is 16.3 Å². The van der Waals surface area contributed by atoms with E-state index < -0.39 is 5.97 Å². The summed E-state index contributed by atoms with van der Waals surface area (Å²) in [5, 5.41) is 2.74. The molecular formula is C15H12N2O3S2. The maximum atomic E-state index is 12.1. The van der Waals surface area contributed by atoms with Gasteiger partial charge in [0.1, 0.15) is 9.88 Å². The Morgan fingerprint density at radius 1 is 1.32 bits per heavy atom. The highest BCUT2D eigenvalue weighted by atomic mass is 32.1. The standard InChI is InChI=1S/C15H12N2O3S2/c1-9-13(22-14(17-9)12-5-3-7-21-12)15(19)20-8-11(18)10-4-2-6-16-10/h2-7,16H,8H2,1H3. The van der Waals surface area contributed by atoms with Crippen molar-refractivity contribution in [3.63, 3.8) is 0 Å². The molecule has 112 valence electrons. The first-order valence-corrected chi connectivity index (χ1v) is 8.20. The Labute approximate surface area is 134 Å². The number of thiazole rings is 1. The summed E-state index contributed by atoms with van der Waals surface area (Å²) >= 11 is 2.84. The van der Waals surface area contributed by atoms with E-state index in [4.69, 9.17) is 4.74 Å². The molecule has 0 fully saturated rings. The molecular weight excluding hydrogens is 320 g/mol. The van der Waals surface area contributed by atoms with Crippen LogP contribution in [0, 0.1) is 6.92 Å². The lowest BCUT2D eigenvalue weighted by Crippen LogP contribution is -2.14. The quantitative estimate of drug-likeness (QED) is 0.573. The molecule has 1 N–H and O–H groups in total. The van der Waals surface area contributed by atoms with Gasteiger partial charge in [-0.2, -0.15) is 0 Å². The van der Waals surface area contributed by atoms with Crippen LogP contribution in [0.5, 0.6) is 0 Å². The minimum atomic E-state index is -0.516. The highest BCUT2D eigenvalue weighted by molar-refractivity contribution is 7.22. The van der Waals surface area contributed by atoms with Gasteiger partial charge >= 0.3 is 5.97 Å². The first kappa shape index (κ1) is 14.7. The number of nitrogens with one attached hydrogen (secondary N) is 1. The summed E-state index contributed by atoms with van der Waals surface area (Å²) in [5.41, 5.74) is 1.04. The average Bonchev–Trinajstić information content (AvgIpc) is 3.23. The van der Waals surface area contributed by atoms with Gasteiger partial charge in [-0.1, -0.05) is 6.07 Å². The van der Waals surface area contributed by atoms with Gasteiger partial charge in [0.15, 0.2) is 6.61 Å². The lowest BCUT2D eigenvalue weighted by molar-refractivity contribution is 0.0477. The zero-order chi connectivity index (χ0) is 15.5. The molecule has 22 heavy (non-hydrogen) atoms. The number of nitrogens with zero attached hydrogens (tertiary/aromatic N) is 1. The summed E-state index contributed by atoms with van der Waals surface area (Å²) in [6.07, 6.45) is 1.65. The number of carbonyl (C=O) groups excluding carboxylic acids is 2. The zero-order valence-electron chi connectivity index (χ0n) is 11.7. The summed E-state index contributed by atoms with van der Waals surface area (Å²) < 4.78 is 5.09. The normalized spacial score (nSPS) is 10.6. The Morgan fingerprint density at radius 3 is 2.86 bits per heavy atom. The summed E-state index contributed by atoms with van der Waals surface area (Å²) in [7, 11) is 0. The van der Waals surface area contributed by atoms with Crippen LogP contribution < -0.4 is 0 Å². The van der Waals surface area contributed by atoms with Crippen LogP contribution in [0.1, 0.15) is 25.9 Å². The molecule has 7 heteroatoms. The van der Waals surface area contributed by atoms with Crippen molar-refractivity contribution in [1.29, 1.82) is 0 Å². The molecule has 0 aromatic carbocycles. The third kappa shape index (κ3) is 3.00. The summed E-state index contributed by atoms with van der Waals surface area (Å²) in [6.45, 7) is 1.47. The van der Waals surface area contributed by atoms with Gasteiger partial charge in [-0.05, 0) is 30.5 Å². The van der Waals surface area contributed by atoms with Crippen LogP contribution in [0.2, 0.25) is 0 Å². The molecule has 3 aromatic heterocycles. The maximum absolute atomic E-state index is 12.1. The lowest BCUT2D eigenvalue weighted by atomic mass is 10.3. The number of ketones is 1. The van der Waals surface area contributed by atoms with Gasteiger partial charge in [-0.15, -0.1) is 22.7 Å². The van der Waals surface area contributed by atoms with Crippen LogP contribution in [0.4, 0.5) is 0 Å². The maximum Gasteiger partial charge on any atom is 0.350 e. The molecule has 0 spiro atoms. The molecule has 0 atom stereocenters. The SMILES string of the molecule is Cc1nc(-c2cccs2)sc1C(=O)OCC(=O)c1ccc[nH]1. The number of carbonyl (C=O) groups is 2. The first-order valence-electron chi connectivity index (χ1n) is 6.50. The monoisotopic (exact) mass is 332 g/mol. The third-order valence-electron chi connectivity index (χ3n) is 2.95. The molecule has 0 aliphatic rings. The molecule has 0 saturated carbocycles. The lowest BCUT2D eigenvalue weighted by Gasteiger charge is -2.01. The van der Waals surface area contributed by atoms with Gasteiger partial charge < -0.3 is 9.72 Å². The van der Waals surface area contributed by atoms with Gasteiger partial charge in [0.2, 0.25) is 5.78 Å². The minimum Gasteiger partial charge on any atom is -0.453 e. The number of Topliss-reactive ketones (excluding diaryl/α,β-unsaturated/α-hetero) is 1. The fourth-order valence-corrected chi connectivity index (χ4v) is 3.63. The van der Waals surface area contributed by atoms with Gasteiger partial charge in [-0.3, -0.25) is 4.79 Å². The van der Waals surface area contributed by atoms with Crippen molar-refractivity contribution in [3.8, 4) is 9.88 Å². The number of H-pyrrole nitrogens is 1. The number of aryl methyl sites for hydroxylation is 1. The fraction of sp³-hybridized carbons (Fsp3) is 0.133. The van der Waals surface area contributed by atoms with Crippen molar-refractivity contribution < 1.29 is 14.3 Å². The number of hydrogen-bond donors (Lipinski definition) is 1. The predicted octanol–water partition coefficient (Wildman–Crippen LogP) is 3.55. The molecule has 0 aliphatic carbocycles. The van der Waals surface area contributed by atoms with Crippen molar-refractivity contribution in [2.45, 2.75) is 6.92 Å². The van der Waals surface area contributed by atoms with Crippen LogP contribution in [0.15, 0.2) is 35.8 Å². The zero-order valence-corrected chi connectivity index (χ0v) is 13.3. The van der Waals surface area contributed by atoms with Crippen molar-refractivity contribution in [3.05, 3.63) is 52.1 Å². The van der Waals surface area contributed by atoms with Crippen LogP contribution in [-0.2, 0) is 4.74 Å². The van der Waals surface area contributed by atoms with E-state index in [0.717, 1.165) is 9.88 Å². The topological polar surface area (TPSA) is 72.0 Å². The molecule has 0 aliphatic heterocycles. The fourth-order valence-electron chi connectivity index (χ4n) is 1.87. The van der Waals surface area contributed by atoms with E-state index in [1.807, 2.05) is 17.5 Å². The van der Waals surface area contributed by atoms with Crippen LogP contribution in [0.3, 0.4) is 0 Å². The van der Waals surface area contributed by atoms with Crippen LogP contribution in [0.25, 0.3) is 9.88 Å². The second-order valence-corrected chi connectivity index (χ2v) is 6.44. The Bertz CT molecular complexity index is 789. The van der Waals surface area contributed by atoms with Crippen molar-refractivity contribution >= 4 is 34.4 Å². The van der Waals surface area contributed by atoms with E-state index in [1.165, 1.54) is 11.3 Å². The van der Waals surface area contributed by atoms with Crippen molar-refractivity contribution in [1.82, 2.24) is 9.97 Å². The smallest absolute Gasteiger partial charge is 0.350 e. The van der Waals surface area contributed by atoms with Gasteiger partial charge in [-0.25, -0.2) is 9.78 Å². The van der Waals surface area contributed by atoms with E-state index in [-0.39, 0.29) is 12.4 Å². The molecule has 3 aromatic rings. The largest absolute Gasteiger partial charge is 0.453 e. The second-order valence-electron chi connectivity index (χ2n) is 4.49. The Morgan fingerprint density at radius 2 is 2.18 bits per heavy atom. The molecule has 3 heterocycles. The van der Waals surface area contributed by atoms with Crippen LogP contribution >= 0.6 is 22.7 Å². The van der Waals surface area contributed by atoms with E-state index in [1.54, 1.807) is 36.6 Å². The summed E-state index contributed by atoms with van der Waals surface area (Å²) in [5.74, 6) is -0.781. The highest BCUT2D eigenvalue weighted by Gasteiger charge is 2.19. The Hall–Kier alpha value is -2.25. The van der Waals surface area contributed by atoms with E-state index >= 15 is 0 Å². The minimum absolute atomic E-state index is 0.265. The average molecular weight is 332 g/mol. The Kier molecular flexibility index (Phi) is 4.17. The molecule has 0 saturated heterocycles. The summed E-state index contributed by atoms with van der Waals surface area (Å²) in [6, 6.07) is 7.25.